The minimum Gasteiger partial charge on any atom is -0.486 e. The third kappa shape index (κ3) is 6.97. The largest absolute Gasteiger partial charge is 0.486 e. The third-order valence-corrected chi connectivity index (χ3v) is 7.89. The van der Waals surface area contributed by atoms with Crippen LogP contribution in [0.4, 0.5) is 5.69 Å². The van der Waals surface area contributed by atoms with Crippen molar-refractivity contribution in [3.05, 3.63) is 18.2 Å². The quantitative estimate of drug-likeness (QED) is 0.545. The molecular weight excluding hydrogens is 424 g/mol. The summed E-state index contributed by atoms with van der Waals surface area (Å²) in [6.45, 7) is 1.83. The molecule has 3 rings (SSSR count). The second-order valence-electron chi connectivity index (χ2n) is 7.75. The standard InChI is InChI=1S/C21H32N2O5S2/c1-30(25,26)23(17-9-10-19-20(16-17)28-14-13-27-19)12-5-8-21(24)22-11-15-29-18-6-3-2-4-7-18/h9-10,16,18H,2-8,11-15H2,1H3,(H,22,24). The Balaban J connectivity index is 1.43. The number of rotatable bonds is 10. The van der Waals surface area contributed by atoms with Gasteiger partial charge >= 0.3 is 0 Å². The van der Waals surface area contributed by atoms with Crippen molar-refractivity contribution in [2.45, 2.75) is 50.2 Å². The Labute approximate surface area is 183 Å². The van der Waals surface area contributed by atoms with Crippen molar-refractivity contribution >= 4 is 33.4 Å². The van der Waals surface area contributed by atoms with Crippen LogP contribution in [0.1, 0.15) is 44.9 Å². The number of carbonyl (C=O) groups excluding carboxylic acids is 1. The van der Waals surface area contributed by atoms with Gasteiger partial charge in [-0.2, -0.15) is 11.8 Å². The highest BCUT2D eigenvalue weighted by atomic mass is 32.2. The third-order valence-electron chi connectivity index (χ3n) is 5.31. The van der Waals surface area contributed by atoms with Crippen molar-refractivity contribution in [2.24, 2.45) is 0 Å². The van der Waals surface area contributed by atoms with E-state index in [1.165, 1.54) is 42.7 Å². The van der Waals surface area contributed by atoms with Crippen LogP contribution in [0.3, 0.4) is 0 Å². The zero-order valence-electron chi connectivity index (χ0n) is 17.6. The van der Waals surface area contributed by atoms with E-state index >= 15 is 0 Å². The van der Waals surface area contributed by atoms with Gasteiger partial charge in [0, 0.05) is 36.6 Å². The van der Waals surface area contributed by atoms with Crippen molar-refractivity contribution in [2.75, 3.05) is 42.6 Å². The molecule has 0 spiro atoms. The molecule has 1 saturated carbocycles. The van der Waals surface area contributed by atoms with Gasteiger partial charge in [0.2, 0.25) is 15.9 Å². The number of hydrogen-bond donors (Lipinski definition) is 1. The summed E-state index contributed by atoms with van der Waals surface area (Å²) >= 11 is 1.96. The number of amides is 1. The summed E-state index contributed by atoms with van der Waals surface area (Å²) in [5, 5.41) is 3.69. The Morgan fingerprint density at radius 3 is 2.63 bits per heavy atom. The molecule has 0 unspecified atom stereocenters. The van der Waals surface area contributed by atoms with Crippen molar-refractivity contribution < 1.29 is 22.7 Å². The zero-order valence-corrected chi connectivity index (χ0v) is 19.2. The van der Waals surface area contributed by atoms with Gasteiger partial charge in [0.15, 0.2) is 11.5 Å². The average molecular weight is 457 g/mol. The summed E-state index contributed by atoms with van der Waals surface area (Å²) in [4.78, 5) is 12.1. The maximum absolute atomic E-state index is 12.3. The second-order valence-corrected chi connectivity index (χ2v) is 11.1. The number of hydrogen-bond acceptors (Lipinski definition) is 6. The summed E-state index contributed by atoms with van der Waals surface area (Å²) < 4.78 is 36.9. The lowest BCUT2D eigenvalue weighted by molar-refractivity contribution is -0.121. The van der Waals surface area contributed by atoms with Gasteiger partial charge in [0.25, 0.3) is 0 Å². The smallest absolute Gasteiger partial charge is 0.232 e. The molecule has 0 bridgehead atoms. The molecule has 30 heavy (non-hydrogen) atoms. The predicted molar refractivity (Wildman–Crippen MR) is 121 cm³/mol. The van der Waals surface area contributed by atoms with E-state index in [1.807, 2.05) is 11.8 Å². The van der Waals surface area contributed by atoms with Crippen LogP contribution in [-0.2, 0) is 14.8 Å². The van der Waals surface area contributed by atoms with Crippen molar-refractivity contribution in [3.8, 4) is 11.5 Å². The van der Waals surface area contributed by atoms with Gasteiger partial charge < -0.3 is 14.8 Å². The van der Waals surface area contributed by atoms with Crippen LogP contribution in [0.5, 0.6) is 11.5 Å². The molecule has 1 aromatic rings. The van der Waals surface area contributed by atoms with E-state index in [-0.39, 0.29) is 12.5 Å². The van der Waals surface area contributed by atoms with Crippen molar-refractivity contribution in [1.29, 1.82) is 0 Å². The first-order valence-electron chi connectivity index (χ1n) is 10.7. The van der Waals surface area contributed by atoms with E-state index in [0.29, 0.717) is 49.8 Å². The fourth-order valence-electron chi connectivity index (χ4n) is 3.79. The van der Waals surface area contributed by atoms with E-state index in [2.05, 4.69) is 5.32 Å². The molecule has 0 aromatic heterocycles. The molecule has 1 amide bonds. The number of sulfonamides is 1. The van der Waals surface area contributed by atoms with E-state index in [9.17, 15) is 13.2 Å². The number of nitrogens with zero attached hydrogens (tertiary/aromatic N) is 1. The predicted octanol–water partition coefficient (Wildman–Crippen LogP) is 3.19. The minimum atomic E-state index is -3.47. The number of carbonyl (C=O) groups is 1. The monoisotopic (exact) mass is 456 g/mol. The molecule has 1 aromatic carbocycles. The molecule has 7 nitrogen and oxygen atoms in total. The van der Waals surface area contributed by atoms with Gasteiger partial charge in [-0.05, 0) is 31.4 Å². The highest BCUT2D eigenvalue weighted by Crippen LogP contribution is 2.34. The van der Waals surface area contributed by atoms with Crippen LogP contribution in [-0.4, -0.2) is 57.9 Å². The maximum Gasteiger partial charge on any atom is 0.232 e. The Morgan fingerprint density at radius 1 is 1.17 bits per heavy atom. The lowest BCUT2D eigenvalue weighted by atomic mass is 10.0. The number of fused-ring (bicyclic) bond motifs is 1. The molecule has 168 valence electrons. The minimum absolute atomic E-state index is 0.0325. The molecule has 9 heteroatoms. The maximum atomic E-state index is 12.3. The van der Waals surface area contributed by atoms with Gasteiger partial charge in [0.05, 0.1) is 11.9 Å². The molecule has 1 heterocycles. The normalized spacial score (nSPS) is 16.8. The SMILES string of the molecule is CS(=O)(=O)N(CCCC(=O)NCCSC1CCCCC1)c1ccc2c(c1)OCCO2. The second kappa shape index (κ2) is 11.1. The number of anilines is 1. The zero-order chi connectivity index (χ0) is 21.4. The lowest BCUT2D eigenvalue weighted by Crippen LogP contribution is -2.32. The lowest BCUT2D eigenvalue weighted by Gasteiger charge is -2.25. The average Bonchev–Trinajstić information content (AvgIpc) is 2.74. The molecule has 2 aliphatic rings. The number of ether oxygens (including phenoxy) is 2. The summed E-state index contributed by atoms with van der Waals surface area (Å²) in [5.41, 5.74) is 0.519. The van der Waals surface area contributed by atoms with Gasteiger partial charge in [-0.1, -0.05) is 19.3 Å². The molecule has 1 N–H and O–H groups in total. The van der Waals surface area contributed by atoms with Crippen LogP contribution in [0, 0.1) is 0 Å². The highest BCUT2D eigenvalue weighted by Gasteiger charge is 2.21. The summed E-state index contributed by atoms with van der Waals surface area (Å²) in [7, 11) is -3.47. The van der Waals surface area contributed by atoms with Crippen LogP contribution in [0.15, 0.2) is 18.2 Å². The number of thioether (sulfide) groups is 1. The number of benzene rings is 1. The molecule has 1 aliphatic carbocycles. The van der Waals surface area contributed by atoms with Crippen molar-refractivity contribution in [1.82, 2.24) is 5.32 Å². The van der Waals surface area contributed by atoms with Gasteiger partial charge in [-0.25, -0.2) is 8.42 Å². The van der Waals surface area contributed by atoms with E-state index < -0.39 is 10.0 Å². The molecule has 1 aliphatic heterocycles. The Kier molecular flexibility index (Phi) is 8.56. The fraction of sp³-hybridized carbons (Fsp3) is 0.667. The van der Waals surface area contributed by atoms with E-state index in [1.54, 1.807) is 18.2 Å². The fourth-order valence-corrected chi connectivity index (χ4v) is 5.97. The van der Waals surface area contributed by atoms with E-state index in [4.69, 9.17) is 9.47 Å². The van der Waals surface area contributed by atoms with Crippen molar-refractivity contribution in [3.63, 3.8) is 0 Å². The number of nitrogens with one attached hydrogen (secondary N) is 1. The molecule has 0 saturated heterocycles. The highest BCUT2D eigenvalue weighted by molar-refractivity contribution is 7.99. The molecule has 0 atom stereocenters. The Hall–Kier alpha value is -1.61. The first kappa shape index (κ1) is 23.1. The summed E-state index contributed by atoms with van der Waals surface area (Å²) in [6.07, 6.45) is 8.50. The molecular formula is C21H32N2O5S2. The van der Waals surface area contributed by atoms with Gasteiger partial charge in [0.1, 0.15) is 13.2 Å². The Bertz CT molecular complexity index is 810. The van der Waals surface area contributed by atoms with Gasteiger partial charge in [-0.3, -0.25) is 9.10 Å². The van der Waals surface area contributed by atoms with Crippen LogP contribution in [0.25, 0.3) is 0 Å². The van der Waals surface area contributed by atoms with Gasteiger partial charge in [-0.15, -0.1) is 0 Å². The van der Waals surface area contributed by atoms with Crippen LogP contribution in [0.2, 0.25) is 0 Å². The topological polar surface area (TPSA) is 84.9 Å². The molecule has 1 fully saturated rings. The first-order valence-corrected chi connectivity index (χ1v) is 13.6. The van der Waals surface area contributed by atoms with Crippen LogP contribution >= 0.6 is 11.8 Å². The Morgan fingerprint density at radius 2 is 1.90 bits per heavy atom. The van der Waals surface area contributed by atoms with Crippen LogP contribution < -0.4 is 19.1 Å². The summed E-state index contributed by atoms with van der Waals surface area (Å²) in [5.74, 6) is 2.06. The first-order chi connectivity index (χ1) is 14.4. The molecule has 0 radical (unpaired) electrons. The summed E-state index contributed by atoms with van der Waals surface area (Å²) in [6, 6.07) is 5.11. The van der Waals surface area contributed by atoms with E-state index in [0.717, 1.165) is 11.0 Å².